The second kappa shape index (κ2) is 5.39. The number of anilines is 2. The molecule has 0 aliphatic carbocycles. The number of nitrogens with zero attached hydrogens (tertiary/aromatic N) is 1. The minimum Gasteiger partial charge on any atom is -0.481 e. The Balaban J connectivity index is 2.20. The molecular weight excluding hydrogens is 244 g/mol. The number of rotatable bonds is 4. The normalized spacial score (nSPS) is 10.0. The summed E-state index contributed by atoms with van der Waals surface area (Å²) in [7, 11) is 1.56. The summed E-state index contributed by atoms with van der Waals surface area (Å²) in [6, 6.07) is 8.53. The van der Waals surface area contributed by atoms with Gasteiger partial charge in [0.2, 0.25) is 5.88 Å². The number of aromatic carboxylic acids is 1. The van der Waals surface area contributed by atoms with Crippen LogP contribution in [0.4, 0.5) is 11.4 Å². The summed E-state index contributed by atoms with van der Waals surface area (Å²) < 4.78 is 4.98. The fraction of sp³-hybridized carbons (Fsp3) is 0.143. The fourth-order valence-corrected chi connectivity index (χ4v) is 1.67. The number of aryl methyl sites for hydroxylation is 1. The molecule has 5 nitrogen and oxygen atoms in total. The summed E-state index contributed by atoms with van der Waals surface area (Å²) in [5.41, 5.74) is 2.79. The molecule has 19 heavy (non-hydrogen) atoms. The first kappa shape index (κ1) is 12.9. The second-order valence-corrected chi connectivity index (χ2v) is 4.05. The van der Waals surface area contributed by atoms with Crippen molar-refractivity contribution in [1.82, 2.24) is 4.98 Å². The molecule has 0 fully saturated rings. The second-order valence-electron chi connectivity index (χ2n) is 4.05. The van der Waals surface area contributed by atoms with Crippen molar-refractivity contribution in [3.05, 3.63) is 47.7 Å². The van der Waals surface area contributed by atoms with Crippen molar-refractivity contribution in [2.45, 2.75) is 6.92 Å². The molecule has 0 atom stereocenters. The number of carboxylic acids is 1. The van der Waals surface area contributed by atoms with Gasteiger partial charge in [-0.3, -0.25) is 0 Å². The van der Waals surface area contributed by atoms with Crippen LogP contribution in [-0.4, -0.2) is 23.2 Å². The van der Waals surface area contributed by atoms with Crippen molar-refractivity contribution in [3.8, 4) is 5.88 Å². The van der Waals surface area contributed by atoms with Gasteiger partial charge in [0.15, 0.2) is 0 Å². The average Bonchev–Trinajstić information content (AvgIpc) is 2.41. The number of hydrogen-bond donors (Lipinski definition) is 2. The van der Waals surface area contributed by atoms with Crippen molar-refractivity contribution in [3.63, 3.8) is 0 Å². The monoisotopic (exact) mass is 258 g/mol. The highest BCUT2D eigenvalue weighted by Gasteiger charge is 2.06. The van der Waals surface area contributed by atoms with Crippen LogP contribution in [0.15, 0.2) is 36.5 Å². The zero-order valence-electron chi connectivity index (χ0n) is 10.7. The van der Waals surface area contributed by atoms with Crippen molar-refractivity contribution in [2.24, 2.45) is 0 Å². The maximum atomic E-state index is 10.8. The fourth-order valence-electron chi connectivity index (χ4n) is 1.67. The van der Waals surface area contributed by atoms with Gasteiger partial charge in [0.1, 0.15) is 0 Å². The van der Waals surface area contributed by atoms with E-state index < -0.39 is 5.97 Å². The molecule has 0 saturated carbocycles. The first-order valence-electron chi connectivity index (χ1n) is 5.71. The predicted octanol–water partition coefficient (Wildman–Crippen LogP) is 2.84. The Morgan fingerprint density at radius 2 is 2.11 bits per heavy atom. The molecule has 98 valence electrons. The van der Waals surface area contributed by atoms with E-state index in [1.807, 2.05) is 13.0 Å². The van der Waals surface area contributed by atoms with Crippen LogP contribution < -0.4 is 10.1 Å². The number of methoxy groups -OCH3 is 1. The van der Waals surface area contributed by atoms with Crippen LogP contribution in [0.1, 0.15) is 15.9 Å². The number of carboxylic acid groups (broad SMARTS) is 1. The summed E-state index contributed by atoms with van der Waals surface area (Å²) in [6.07, 6.45) is 1.66. The molecule has 2 aromatic rings. The van der Waals surface area contributed by atoms with E-state index in [1.54, 1.807) is 37.6 Å². The van der Waals surface area contributed by atoms with Crippen LogP contribution in [0.25, 0.3) is 0 Å². The highest BCUT2D eigenvalue weighted by Crippen LogP contribution is 2.22. The summed E-state index contributed by atoms with van der Waals surface area (Å²) in [5.74, 6) is -0.385. The zero-order chi connectivity index (χ0) is 13.8. The Labute approximate surface area is 110 Å². The van der Waals surface area contributed by atoms with Crippen LogP contribution in [0.3, 0.4) is 0 Å². The van der Waals surface area contributed by atoms with E-state index in [2.05, 4.69) is 10.3 Å². The number of hydrogen-bond acceptors (Lipinski definition) is 4. The summed E-state index contributed by atoms with van der Waals surface area (Å²) >= 11 is 0. The number of carbonyl (C=O) groups is 1. The van der Waals surface area contributed by atoms with E-state index in [0.29, 0.717) is 5.88 Å². The molecular formula is C14H14N2O3. The third-order valence-electron chi connectivity index (χ3n) is 2.70. The van der Waals surface area contributed by atoms with Gasteiger partial charge in [-0.2, -0.15) is 0 Å². The topological polar surface area (TPSA) is 71.5 Å². The Morgan fingerprint density at radius 3 is 2.63 bits per heavy atom. The van der Waals surface area contributed by atoms with Gasteiger partial charge in [0, 0.05) is 11.8 Å². The molecule has 5 heteroatoms. The van der Waals surface area contributed by atoms with Gasteiger partial charge in [0.25, 0.3) is 0 Å². The van der Waals surface area contributed by atoms with Crippen molar-refractivity contribution >= 4 is 17.3 Å². The van der Waals surface area contributed by atoms with Gasteiger partial charge in [-0.05, 0) is 36.8 Å². The van der Waals surface area contributed by atoms with E-state index >= 15 is 0 Å². The molecule has 0 aliphatic heterocycles. The Kier molecular flexibility index (Phi) is 3.66. The van der Waals surface area contributed by atoms with Crippen LogP contribution in [0.5, 0.6) is 5.88 Å². The van der Waals surface area contributed by atoms with Gasteiger partial charge >= 0.3 is 5.97 Å². The molecule has 1 heterocycles. The lowest BCUT2D eigenvalue weighted by Gasteiger charge is -2.10. The lowest BCUT2D eigenvalue weighted by atomic mass is 10.1. The van der Waals surface area contributed by atoms with E-state index in [0.717, 1.165) is 16.9 Å². The molecule has 0 aliphatic rings. The van der Waals surface area contributed by atoms with E-state index in [1.165, 1.54) is 0 Å². The van der Waals surface area contributed by atoms with Gasteiger partial charge in [-0.25, -0.2) is 9.78 Å². The first-order valence-corrected chi connectivity index (χ1v) is 5.71. The van der Waals surface area contributed by atoms with E-state index in [-0.39, 0.29) is 5.56 Å². The molecule has 1 aromatic carbocycles. The Morgan fingerprint density at radius 1 is 1.32 bits per heavy atom. The average molecular weight is 258 g/mol. The van der Waals surface area contributed by atoms with Gasteiger partial charge in [-0.15, -0.1) is 0 Å². The first-order chi connectivity index (χ1) is 9.10. The lowest BCUT2D eigenvalue weighted by molar-refractivity contribution is 0.0697. The minimum atomic E-state index is -0.930. The van der Waals surface area contributed by atoms with Crippen molar-refractivity contribution in [2.75, 3.05) is 12.4 Å². The maximum absolute atomic E-state index is 10.8. The van der Waals surface area contributed by atoms with Crippen LogP contribution in [0, 0.1) is 6.92 Å². The smallest absolute Gasteiger partial charge is 0.335 e. The summed E-state index contributed by atoms with van der Waals surface area (Å²) in [6.45, 7) is 1.85. The third kappa shape index (κ3) is 3.01. The molecule has 1 aromatic heterocycles. The number of pyridine rings is 1. The highest BCUT2D eigenvalue weighted by atomic mass is 16.5. The van der Waals surface area contributed by atoms with Gasteiger partial charge in [0.05, 0.1) is 24.6 Å². The third-order valence-corrected chi connectivity index (χ3v) is 2.70. The Bertz CT molecular complexity index is 594. The molecule has 2 rings (SSSR count). The summed E-state index contributed by atoms with van der Waals surface area (Å²) in [5, 5.41) is 12.1. The number of nitrogens with one attached hydrogen (secondary N) is 1. The predicted molar refractivity (Wildman–Crippen MR) is 72.2 cm³/mol. The van der Waals surface area contributed by atoms with E-state index in [9.17, 15) is 4.79 Å². The molecule has 0 bridgehead atoms. The molecule has 0 unspecified atom stereocenters. The largest absolute Gasteiger partial charge is 0.481 e. The van der Waals surface area contributed by atoms with E-state index in [4.69, 9.17) is 9.84 Å². The SMILES string of the molecule is COc1ccc(Nc2ccc(C(=O)O)cc2C)cn1. The van der Waals surface area contributed by atoms with Gasteiger partial charge in [-0.1, -0.05) is 0 Å². The molecule has 0 saturated heterocycles. The van der Waals surface area contributed by atoms with Crippen LogP contribution in [-0.2, 0) is 0 Å². The number of aromatic nitrogens is 1. The molecule has 0 amide bonds. The van der Waals surface area contributed by atoms with Gasteiger partial charge < -0.3 is 15.2 Å². The van der Waals surface area contributed by atoms with Crippen molar-refractivity contribution < 1.29 is 14.6 Å². The number of benzene rings is 1. The van der Waals surface area contributed by atoms with Crippen LogP contribution >= 0.6 is 0 Å². The van der Waals surface area contributed by atoms with Crippen LogP contribution in [0.2, 0.25) is 0 Å². The highest BCUT2D eigenvalue weighted by molar-refractivity contribution is 5.88. The number of ether oxygens (including phenoxy) is 1. The molecule has 0 spiro atoms. The lowest BCUT2D eigenvalue weighted by Crippen LogP contribution is -1.99. The summed E-state index contributed by atoms with van der Waals surface area (Å²) in [4.78, 5) is 14.9. The minimum absolute atomic E-state index is 0.274. The Hall–Kier alpha value is -2.56. The molecule has 0 radical (unpaired) electrons. The standard InChI is InChI=1S/C14H14N2O3/c1-9-7-10(14(17)18)3-5-12(9)16-11-4-6-13(19-2)15-8-11/h3-8,16H,1-2H3,(H,17,18). The maximum Gasteiger partial charge on any atom is 0.335 e. The zero-order valence-corrected chi connectivity index (χ0v) is 10.7. The van der Waals surface area contributed by atoms with Crippen molar-refractivity contribution in [1.29, 1.82) is 0 Å². The molecule has 2 N–H and O–H groups in total. The quantitative estimate of drug-likeness (QED) is 0.882.